The molecular formula is C27H30F4N4O3. The van der Waals surface area contributed by atoms with E-state index in [9.17, 15) is 17.6 Å². The Kier molecular flexibility index (Phi) is 7.32. The molecule has 5 rings (SSSR count). The molecule has 0 unspecified atom stereocenters. The lowest BCUT2D eigenvalue weighted by molar-refractivity contribution is -0.140. The van der Waals surface area contributed by atoms with Gasteiger partial charge in [0.25, 0.3) is 0 Å². The lowest BCUT2D eigenvalue weighted by Gasteiger charge is -2.38. The van der Waals surface area contributed by atoms with Gasteiger partial charge in [-0.2, -0.15) is 13.2 Å². The largest absolute Gasteiger partial charge is 0.493 e. The molecule has 0 spiro atoms. The topological polar surface area (TPSA) is 68.7 Å². The first-order valence-corrected chi connectivity index (χ1v) is 12.6. The van der Waals surface area contributed by atoms with Crippen LogP contribution in [0.3, 0.4) is 0 Å². The van der Waals surface area contributed by atoms with E-state index in [4.69, 9.17) is 14.2 Å². The molecule has 1 aromatic heterocycles. The maximum atomic E-state index is 14.8. The van der Waals surface area contributed by atoms with Crippen LogP contribution in [0.15, 0.2) is 30.3 Å². The van der Waals surface area contributed by atoms with Crippen LogP contribution in [-0.4, -0.2) is 60.4 Å². The van der Waals surface area contributed by atoms with Crippen LogP contribution >= 0.6 is 0 Å². The quantitative estimate of drug-likeness (QED) is 0.382. The number of rotatable bonds is 8. The number of fused-ring (bicyclic) bond motifs is 1. The maximum Gasteiger partial charge on any atom is 0.419 e. The highest BCUT2D eigenvalue weighted by Crippen LogP contribution is 2.38. The smallest absolute Gasteiger partial charge is 0.419 e. The van der Waals surface area contributed by atoms with Crippen molar-refractivity contribution in [3.05, 3.63) is 53.1 Å². The van der Waals surface area contributed by atoms with Crippen LogP contribution in [0.25, 0.3) is 10.9 Å². The molecule has 7 nitrogen and oxygen atoms in total. The molecule has 0 amide bonds. The molecule has 0 aliphatic carbocycles. The summed E-state index contributed by atoms with van der Waals surface area (Å²) in [4.78, 5) is 11.4. The SMILES string of the molecule is COc1cc2nc(C)nc(N[C@H](C)c3cccc(C(F)(F)F)c3F)c2cc1OC[C@@H]1CCCN1C1COC1. The third-order valence-electron chi connectivity index (χ3n) is 7.19. The Morgan fingerprint density at radius 1 is 1.18 bits per heavy atom. The fourth-order valence-corrected chi connectivity index (χ4v) is 5.14. The Balaban J connectivity index is 1.43. The Morgan fingerprint density at radius 3 is 2.66 bits per heavy atom. The summed E-state index contributed by atoms with van der Waals surface area (Å²) >= 11 is 0. The predicted octanol–water partition coefficient (Wildman–Crippen LogP) is 5.52. The lowest BCUT2D eigenvalue weighted by Crippen LogP contribution is -2.52. The van der Waals surface area contributed by atoms with E-state index >= 15 is 0 Å². The zero-order chi connectivity index (χ0) is 27.0. The molecule has 2 aliphatic rings. The first-order valence-electron chi connectivity index (χ1n) is 12.6. The molecule has 11 heteroatoms. The van der Waals surface area contributed by atoms with Crippen LogP contribution < -0.4 is 14.8 Å². The number of halogens is 4. The molecule has 204 valence electrons. The van der Waals surface area contributed by atoms with E-state index in [2.05, 4.69) is 20.2 Å². The summed E-state index contributed by atoms with van der Waals surface area (Å²) in [6.07, 6.45) is -2.66. The van der Waals surface area contributed by atoms with Crippen LogP contribution in [0.5, 0.6) is 11.5 Å². The molecule has 0 saturated carbocycles. The minimum atomic E-state index is -4.79. The normalized spacial score (nSPS) is 19.4. The molecule has 2 fully saturated rings. The summed E-state index contributed by atoms with van der Waals surface area (Å²) in [6, 6.07) is 6.64. The number of nitrogens with one attached hydrogen (secondary N) is 1. The van der Waals surface area contributed by atoms with E-state index in [0.717, 1.165) is 38.7 Å². The number of nitrogens with zero attached hydrogens (tertiary/aromatic N) is 3. The maximum absolute atomic E-state index is 14.8. The molecule has 0 radical (unpaired) electrons. The summed E-state index contributed by atoms with van der Waals surface area (Å²) in [5.41, 5.74) is -0.854. The number of aromatic nitrogens is 2. The third-order valence-corrected chi connectivity index (χ3v) is 7.19. The third kappa shape index (κ3) is 5.22. The van der Waals surface area contributed by atoms with Gasteiger partial charge in [0, 0.05) is 23.1 Å². The zero-order valence-electron chi connectivity index (χ0n) is 21.4. The Labute approximate surface area is 218 Å². The first-order chi connectivity index (χ1) is 18.2. The molecular weight excluding hydrogens is 504 g/mol. The van der Waals surface area contributed by atoms with Gasteiger partial charge >= 0.3 is 6.18 Å². The number of hydrogen-bond acceptors (Lipinski definition) is 7. The molecule has 3 heterocycles. The van der Waals surface area contributed by atoms with Gasteiger partial charge in [0.2, 0.25) is 0 Å². The minimum absolute atomic E-state index is 0.115. The Bertz CT molecular complexity index is 1320. The predicted molar refractivity (Wildman–Crippen MR) is 134 cm³/mol. The monoisotopic (exact) mass is 534 g/mol. The van der Waals surface area contributed by atoms with Gasteiger partial charge in [-0.15, -0.1) is 0 Å². The van der Waals surface area contributed by atoms with Gasteiger partial charge in [0.05, 0.1) is 43.5 Å². The van der Waals surface area contributed by atoms with Crippen molar-refractivity contribution in [2.75, 3.05) is 38.8 Å². The number of anilines is 1. The van der Waals surface area contributed by atoms with Gasteiger partial charge in [-0.1, -0.05) is 12.1 Å². The van der Waals surface area contributed by atoms with E-state index in [1.807, 2.05) is 0 Å². The number of ether oxygens (including phenoxy) is 3. The second-order valence-corrected chi connectivity index (χ2v) is 9.75. The van der Waals surface area contributed by atoms with E-state index in [0.29, 0.717) is 46.7 Å². The summed E-state index contributed by atoms with van der Waals surface area (Å²) in [7, 11) is 1.55. The molecule has 2 aromatic carbocycles. The number of alkyl halides is 3. The van der Waals surface area contributed by atoms with Crippen LogP contribution in [0, 0.1) is 12.7 Å². The molecule has 2 aliphatic heterocycles. The average Bonchev–Trinajstić information content (AvgIpc) is 3.28. The van der Waals surface area contributed by atoms with Crippen molar-refractivity contribution in [2.45, 2.75) is 51.0 Å². The van der Waals surface area contributed by atoms with Crippen molar-refractivity contribution in [1.82, 2.24) is 14.9 Å². The van der Waals surface area contributed by atoms with Gasteiger partial charge < -0.3 is 19.5 Å². The number of benzene rings is 2. The van der Waals surface area contributed by atoms with Gasteiger partial charge in [-0.25, -0.2) is 14.4 Å². The van der Waals surface area contributed by atoms with Crippen LogP contribution in [0.1, 0.15) is 42.8 Å². The van der Waals surface area contributed by atoms with Crippen molar-refractivity contribution in [3.63, 3.8) is 0 Å². The summed E-state index contributed by atoms with van der Waals surface area (Å²) in [5.74, 6) is 0.508. The first kappa shape index (κ1) is 26.4. The molecule has 0 bridgehead atoms. The van der Waals surface area contributed by atoms with Crippen LogP contribution in [-0.2, 0) is 10.9 Å². The van der Waals surface area contributed by atoms with Crippen molar-refractivity contribution in [3.8, 4) is 11.5 Å². The zero-order valence-corrected chi connectivity index (χ0v) is 21.4. The van der Waals surface area contributed by atoms with Gasteiger partial charge in [0.15, 0.2) is 11.5 Å². The Morgan fingerprint density at radius 2 is 1.97 bits per heavy atom. The molecule has 2 atom stereocenters. The fourth-order valence-electron chi connectivity index (χ4n) is 5.14. The summed E-state index contributed by atoms with van der Waals surface area (Å²) < 4.78 is 71.7. The molecule has 2 saturated heterocycles. The van der Waals surface area contributed by atoms with Crippen molar-refractivity contribution < 1.29 is 31.8 Å². The molecule has 3 aromatic rings. The second kappa shape index (κ2) is 10.5. The van der Waals surface area contributed by atoms with Gasteiger partial charge in [-0.3, -0.25) is 4.90 Å². The summed E-state index contributed by atoms with van der Waals surface area (Å²) in [6.45, 7) is 6.26. The molecule has 1 N–H and O–H groups in total. The lowest BCUT2D eigenvalue weighted by atomic mass is 10.0. The van der Waals surface area contributed by atoms with E-state index in [-0.39, 0.29) is 11.6 Å². The van der Waals surface area contributed by atoms with Gasteiger partial charge in [0.1, 0.15) is 24.1 Å². The molecule has 38 heavy (non-hydrogen) atoms. The van der Waals surface area contributed by atoms with Crippen LogP contribution in [0.2, 0.25) is 0 Å². The van der Waals surface area contributed by atoms with E-state index in [1.165, 1.54) is 12.1 Å². The van der Waals surface area contributed by atoms with E-state index in [1.54, 1.807) is 33.1 Å². The van der Waals surface area contributed by atoms with Crippen molar-refractivity contribution >= 4 is 16.7 Å². The van der Waals surface area contributed by atoms with E-state index < -0.39 is 23.6 Å². The van der Waals surface area contributed by atoms with Crippen LogP contribution in [0.4, 0.5) is 23.4 Å². The highest BCUT2D eigenvalue weighted by Gasteiger charge is 2.36. The second-order valence-electron chi connectivity index (χ2n) is 9.75. The minimum Gasteiger partial charge on any atom is -0.493 e. The van der Waals surface area contributed by atoms with Gasteiger partial charge in [-0.05, 0) is 45.4 Å². The fraction of sp³-hybridized carbons (Fsp3) is 0.481. The average molecular weight is 535 g/mol. The number of methoxy groups -OCH3 is 1. The van der Waals surface area contributed by atoms with Crippen molar-refractivity contribution in [2.24, 2.45) is 0 Å². The number of hydrogen-bond donors (Lipinski definition) is 1. The highest BCUT2D eigenvalue weighted by atomic mass is 19.4. The standard InChI is InChI=1S/C27H30F4N4O3/c1-15(19-7-4-8-21(25(19)28)27(29,30)31)32-26-20-10-24(23(36-3)11-22(20)33-16(2)34-26)38-14-17-6-5-9-35(17)18-12-37-13-18/h4,7-8,10-11,15,17-18H,5-6,9,12-14H2,1-3H3,(H,32,33,34)/t15-,17+/m1/s1. The summed E-state index contributed by atoms with van der Waals surface area (Å²) in [5, 5.41) is 3.67. The number of aryl methyl sites for hydroxylation is 1. The van der Waals surface area contributed by atoms with Crippen molar-refractivity contribution in [1.29, 1.82) is 0 Å². The Hall–Kier alpha value is -3.18. The highest BCUT2D eigenvalue weighted by molar-refractivity contribution is 5.92. The number of likely N-dealkylation sites (tertiary alicyclic amines) is 1.